The van der Waals surface area contributed by atoms with Crippen molar-refractivity contribution in [2.45, 2.75) is 6.42 Å². The molecule has 0 aliphatic heterocycles. The zero-order valence-electron chi connectivity index (χ0n) is 12.9. The SMILES string of the molecule is NCCc1nc(-c2ccc(Oc3ccccc3)cc2)c(C(N)=O)s1. The molecule has 4 N–H and O–H groups in total. The fourth-order valence-corrected chi connectivity index (χ4v) is 3.22. The van der Waals surface area contributed by atoms with Crippen LogP contribution in [0, 0.1) is 0 Å². The Morgan fingerprint density at radius 1 is 1.04 bits per heavy atom. The van der Waals surface area contributed by atoms with Crippen LogP contribution in [0.25, 0.3) is 11.3 Å². The van der Waals surface area contributed by atoms with E-state index in [1.54, 1.807) is 0 Å². The van der Waals surface area contributed by atoms with Crippen LogP contribution in [-0.4, -0.2) is 17.4 Å². The van der Waals surface area contributed by atoms with Gasteiger partial charge in [-0.1, -0.05) is 18.2 Å². The number of hydrogen-bond donors (Lipinski definition) is 2. The second-order valence-corrected chi connectivity index (χ2v) is 6.21. The molecule has 0 saturated heterocycles. The van der Waals surface area contributed by atoms with Crippen molar-refractivity contribution in [3.8, 4) is 22.8 Å². The first kappa shape index (κ1) is 16.2. The monoisotopic (exact) mass is 339 g/mol. The Balaban J connectivity index is 1.86. The number of hydrogen-bond acceptors (Lipinski definition) is 5. The molecule has 2 aromatic carbocycles. The van der Waals surface area contributed by atoms with Gasteiger partial charge in [-0.15, -0.1) is 11.3 Å². The van der Waals surface area contributed by atoms with Crippen LogP contribution >= 0.6 is 11.3 Å². The fourth-order valence-electron chi connectivity index (χ4n) is 2.26. The second kappa shape index (κ2) is 7.25. The van der Waals surface area contributed by atoms with E-state index in [1.165, 1.54) is 11.3 Å². The molecule has 24 heavy (non-hydrogen) atoms. The number of nitrogens with two attached hydrogens (primary N) is 2. The van der Waals surface area contributed by atoms with E-state index in [4.69, 9.17) is 16.2 Å². The van der Waals surface area contributed by atoms with Crippen LogP contribution in [-0.2, 0) is 6.42 Å². The van der Waals surface area contributed by atoms with Gasteiger partial charge in [-0.2, -0.15) is 0 Å². The number of nitrogens with zero attached hydrogens (tertiary/aromatic N) is 1. The Kier molecular flexibility index (Phi) is 4.88. The highest BCUT2D eigenvalue weighted by Crippen LogP contribution is 2.30. The highest BCUT2D eigenvalue weighted by Gasteiger charge is 2.17. The molecule has 1 aromatic heterocycles. The lowest BCUT2D eigenvalue weighted by molar-refractivity contribution is 0.100. The van der Waals surface area contributed by atoms with Crippen molar-refractivity contribution in [2.75, 3.05) is 6.54 Å². The number of thiazole rings is 1. The molecule has 0 bridgehead atoms. The number of primary amides is 1. The summed E-state index contributed by atoms with van der Waals surface area (Å²) in [6, 6.07) is 17.0. The fraction of sp³-hybridized carbons (Fsp3) is 0.111. The maximum Gasteiger partial charge on any atom is 0.261 e. The van der Waals surface area contributed by atoms with Crippen LogP contribution in [0.4, 0.5) is 0 Å². The summed E-state index contributed by atoms with van der Waals surface area (Å²) in [6.45, 7) is 0.481. The number of carbonyl (C=O) groups excluding carboxylic acids is 1. The number of rotatable bonds is 6. The molecule has 6 heteroatoms. The third kappa shape index (κ3) is 3.61. The molecule has 3 aromatic rings. The predicted molar refractivity (Wildman–Crippen MR) is 95.3 cm³/mol. The molecule has 122 valence electrons. The molecule has 1 amide bonds. The number of carbonyl (C=O) groups is 1. The summed E-state index contributed by atoms with van der Waals surface area (Å²) in [6.07, 6.45) is 0.625. The van der Waals surface area contributed by atoms with Crippen molar-refractivity contribution < 1.29 is 9.53 Å². The molecule has 0 fully saturated rings. The van der Waals surface area contributed by atoms with Crippen molar-refractivity contribution in [2.24, 2.45) is 11.5 Å². The lowest BCUT2D eigenvalue weighted by Crippen LogP contribution is -2.10. The summed E-state index contributed by atoms with van der Waals surface area (Å²) in [5, 5.41) is 0.811. The van der Waals surface area contributed by atoms with Gasteiger partial charge in [0.15, 0.2) is 0 Å². The Labute approximate surface area is 143 Å². The van der Waals surface area contributed by atoms with E-state index >= 15 is 0 Å². The van der Waals surface area contributed by atoms with Crippen LogP contribution in [0.5, 0.6) is 11.5 Å². The molecule has 3 rings (SSSR count). The average Bonchev–Trinajstić information content (AvgIpc) is 3.01. The highest BCUT2D eigenvalue weighted by atomic mass is 32.1. The topological polar surface area (TPSA) is 91.2 Å². The number of amides is 1. The molecule has 0 aliphatic carbocycles. The Bertz CT molecular complexity index is 829. The van der Waals surface area contributed by atoms with Crippen molar-refractivity contribution >= 4 is 17.2 Å². The quantitative estimate of drug-likeness (QED) is 0.721. The van der Waals surface area contributed by atoms with Gasteiger partial charge in [-0.05, 0) is 42.9 Å². The number of aromatic nitrogens is 1. The highest BCUT2D eigenvalue weighted by molar-refractivity contribution is 7.14. The van der Waals surface area contributed by atoms with Crippen LogP contribution < -0.4 is 16.2 Å². The molecule has 1 heterocycles. The molecule has 0 aliphatic rings. The number of para-hydroxylation sites is 1. The third-order valence-corrected chi connectivity index (χ3v) is 4.49. The van der Waals surface area contributed by atoms with Gasteiger partial charge in [0, 0.05) is 12.0 Å². The zero-order valence-corrected chi connectivity index (χ0v) is 13.8. The first-order valence-corrected chi connectivity index (χ1v) is 8.32. The van der Waals surface area contributed by atoms with Crippen molar-refractivity contribution in [1.29, 1.82) is 0 Å². The van der Waals surface area contributed by atoms with Gasteiger partial charge in [0.1, 0.15) is 16.4 Å². The molecular weight excluding hydrogens is 322 g/mol. The van der Waals surface area contributed by atoms with Gasteiger partial charge >= 0.3 is 0 Å². The van der Waals surface area contributed by atoms with Gasteiger partial charge < -0.3 is 16.2 Å². The lowest BCUT2D eigenvalue weighted by Gasteiger charge is -2.06. The van der Waals surface area contributed by atoms with Gasteiger partial charge in [0.05, 0.1) is 10.7 Å². The molecule has 5 nitrogen and oxygen atoms in total. The average molecular weight is 339 g/mol. The van der Waals surface area contributed by atoms with Gasteiger partial charge in [0.25, 0.3) is 5.91 Å². The number of benzene rings is 2. The van der Waals surface area contributed by atoms with Crippen molar-refractivity contribution in [3.63, 3.8) is 0 Å². The second-order valence-electron chi connectivity index (χ2n) is 5.13. The Hall–Kier alpha value is -2.70. The Morgan fingerprint density at radius 2 is 1.71 bits per heavy atom. The van der Waals surface area contributed by atoms with E-state index in [1.807, 2.05) is 54.6 Å². The standard InChI is InChI=1S/C18H17N3O2S/c19-11-10-15-21-16(17(24-15)18(20)22)12-6-8-14(9-7-12)23-13-4-2-1-3-5-13/h1-9H,10-11,19H2,(H2,20,22). The number of ether oxygens (including phenoxy) is 1. The lowest BCUT2D eigenvalue weighted by atomic mass is 10.1. The van der Waals surface area contributed by atoms with E-state index in [9.17, 15) is 4.79 Å². The van der Waals surface area contributed by atoms with Crippen LogP contribution in [0.3, 0.4) is 0 Å². The van der Waals surface area contributed by atoms with Crippen LogP contribution in [0.2, 0.25) is 0 Å². The minimum absolute atomic E-state index is 0.454. The normalized spacial score (nSPS) is 10.5. The van der Waals surface area contributed by atoms with Crippen LogP contribution in [0.15, 0.2) is 54.6 Å². The summed E-state index contributed by atoms with van der Waals surface area (Å²) in [5.74, 6) is 1.00. The van der Waals surface area contributed by atoms with Crippen LogP contribution in [0.1, 0.15) is 14.7 Å². The molecule has 0 atom stereocenters. The van der Waals surface area contributed by atoms with Gasteiger partial charge in [-0.3, -0.25) is 4.79 Å². The summed E-state index contributed by atoms with van der Waals surface area (Å²) >= 11 is 1.30. The van der Waals surface area contributed by atoms with E-state index in [2.05, 4.69) is 4.98 Å². The van der Waals surface area contributed by atoms with Crippen molar-refractivity contribution in [1.82, 2.24) is 4.98 Å². The molecular formula is C18H17N3O2S. The van der Waals surface area contributed by atoms with E-state index < -0.39 is 5.91 Å². The minimum atomic E-state index is -0.476. The summed E-state index contributed by atoms with van der Waals surface area (Å²) < 4.78 is 5.76. The Morgan fingerprint density at radius 3 is 2.33 bits per heavy atom. The first-order valence-electron chi connectivity index (χ1n) is 7.50. The summed E-state index contributed by atoms with van der Waals surface area (Å²) in [5.41, 5.74) is 12.5. The van der Waals surface area contributed by atoms with E-state index in [-0.39, 0.29) is 0 Å². The largest absolute Gasteiger partial charge is 0.457 e. The smallest absolute Gasteiger partial charge is 0.261 e. The minimum Gasteiger partial charge on any atom is -0.457 e. The van der Waals surface area contributed by atoms with Gasteiger partial charge in [-0.25, -0.2) is 4.98 Å². The van der Waals surface area contributed by atoms with Gasteiger partial charge in [0.2, 0.25) is 0 Å². The molecule has 0 radical (unpaired) electrons. The molecule has 0 spiro atoms. The zero-order chi connectivity index (χ0) is 16.9. The van der Waals surface area contributed by atoms with E-state index in [0.717, 1.165) is 16.3 Å². The third-order valence-electron chi connectivity index (χ3n) is 3.36. The summed E-state index contributed by atoms with van der Waals surface area (Å²) in [7, 11) is 0. The maximum atomic E-state index is 11.7. The molecule has 0 unspecified atom stereocenters. The maximum absolute atomic E-state index is 11.7. The first-order chi connectivity index (χ1) is 11.7. The predicted octanol–water partition coefficient (Wildman–Crippen LogP) is 3.20. The molecule has 0 saturated carbocycles. The van der Waals surface area contributed by atoms with E-state index in [0.29, 0.717) is 29.3 Å². The summed E-state index contributed by atoms with van der Waals surface area (Å²) in [4.78, 5) is 16.6. The van der Waals surface area contributed by atoms with Crippen molar-refractivity contribution in [3.05, 3.63) is 64.5 Å².